The molecule has 2 N–H and O–H groups in total. The summed E-state index contributed by atoms with van der Waals surface area (Å²) in [5.41, 5.74) is -0.570. The Morgan fingerprint density at radius 2 is 2.07 bits per heavy atom. The third kappa shape index (κ3) is 4.56. The molecule has 10 heteroatoms. The van der Waals surface area contributed by atoms with Crippen molar-refractivity contribution >= 4 is 17.7 Å². The number of nitrogens with zero attached hydrogens (tertiary/aromatic N) is 3. The van der Waals surface area contributed by atoms with Crippen molar-refractivity contribution in [1.82, 2.24) is 14.9 Å². The Hall–Kier alpha value is -3.17. The second-order valence-corrected chi connectivity index (χ2v) is 6.39. The molecular formula is C18H17F3N4O3. The van der Waals surface area contributed by atoms with Gasteiger partial charge in [0.15, 0.2) is 5.69 Å². The summed E-state index contributed by atoms with van der Waals surface area (Å²) < 4.78 is 38.6. The van der Waals surface area contributed by atoms with E-state index in [9.17, 15) is 22.8 Å². The molecule has 1 aromatic carbocycles. The summed E-state index contributed by atoms with van der Waals surface area (Å²) in [4.78, 5) is 32.6. The zero-order valence-electron chi connectivity index (χ0n) is 14.6. The van der Waals surface area contributed by atoms with Crippen LogP contribution in [0.1, 0.15) is 34.5 Å². The zero-order valence-corrected chi connectivity index (χ0v) is 14.6. The van der Waals surface area contributed by atoms with Crippen molar-refractivity contribution in [3.05, 3.63) is 53.5 Å². The highest BCUT2D eigenvalue weighted by molar-refractivity contribution is 5.86. The fraction of sp³-hybridized carbons (Fsp3) is 0.333. The number of hydrogen-bond donors (Lipinski definition) is 2. The molecule has 1 fully saturated rings. The zero-order chi connectivity index (χ0) is 20.3. The molecule has 2 heterocycles. The number of piperidine rings is 1. The first-order chi connectivity index (χ1) is 13.2. The topological polar surface area (TPSA) is 95.4 Å². The van der Waals surface area contributed by atoms with Crippen molar-refractivity contribution in [2.45, 2.75) is 31.6 Å². The number of anilines is 1. The predicted octanol–water partition coefficient (Wildman–Crippen LogP) is 2.80. The molecule has 0 aliphatic carbocycles. The molecule has 0 spiro atoms. The van der Waals surface area contributed by atoms with Crippen molar-refractivity contribution < 1.29 is 27.9 Å². The van der Waals surface area contributed by atoms with Crippen LogP contribution in [0.4, 0.5) is 19.0 Å². The van der Waals surface area contributed by atoms with E-state index in [-0.39, 0.29) is 24.0 Å². The maximum absolute atomic E-state index is 12.9. The van der Waals surface area contributed by atoms with E-state index in [4.69, 9.17) is 5.11 Å². The normalized spacial score (nSPS) is 17.5. The van der Waals surface area contributed by atoms with E-state index in [0.717, 1.165) is 18.3 Å². The molecule has 1 aliphatic rings. The number of halogens is 3. The van der Waals surface area contributed by atoms with Crippen LogP contribution in [-0.4, -0.2) is 44.4 Å². The SMILES string of the molecule is O=C(O)c1cnc(NC2CCCN(Cc3cccc(C(F)(F)F)c3)C2=O)cn1. The van der Waals surface area contributed by atoms with E-state index in [1.54, 1.807) is 6.07 Å². The second kappa shape index (κ2) is 7.83. The molecule has 1 unspecified atom stereocenters. The monoisotopic (exact) mass is 394 g/mol. The van der Waals surface area contributed by atoms with Gasteiger partial charge in [-0.05, 0) is 30.5 Å². The summed E-state index contributed by atoms with van der Waals surface area (Å²) in [7, 11) is 0. The number of aromatic carboxylic acids is 1. The summed E-state index contributed by atoms with van der Waals surface area (Å²) in [6, 6.07) is 4.30. The largest absolute Gasteiger partial charge is 0.476 e. The van der Waals surface area contributed by atoms with E-state index < -0.39 is 23.8 Å². The van der Waals surface area contributed by atoms with Crippen LogP contribution in [0.25, 0.3) is 0 Å². The van der Waals surface area contributed by atoms with Crippen molar-refractivity contribution in [1.29, 1.82) is 0 Å². The molecule has 0 saturated carbocycles. The number of alkyl halides is 3. The van der Waals surface area contributed by atoms with Gasteiger partial charge in [0.05, 0.1) is 18.0 Å². The molecule has 1 saturated heterocycles. The van der Waals surface area contributed by atoms with Gasteiger partial charge in [0.25, 0.3) is 0 Å². The van der Waals surface area contributed by atoms with Crippen LogP contribution in [0.3, 0.4) is 0 Å². The first kappa shape index (κ1) is 19.6. The minimum atomic E-state index is -4.44. The van der Waals surface area contributed by atoms with Gasteiger partial charge in [-0.3, -0.25) is 4.79 Å². The van der Waals surface area contributed by atoms with Gasteiger partial charge in [-0.25, -0.2) is 14.8 Å². The van der Waals surface area contributed by atoms with Crippen molar-refractivity contribution in [2.75, 3.05) is 11.9 Å². The minimum Gasteiger partial charge on any atom is -0.476 e. The summed E-state index contributed by atoms with van der Waals surface area (Å²) >= 11 is 0. The number of nitrogens with one attached hydrogen (secondary N) is 1. The second-order valence-electron chi connectivity index (χ2n) is 6.39. The fourth-order valence-electron chi connectivity index (χ4n) is 2.99. The Morgan fingerprint density at radius 3 is 2.71 bits per heavy atom. The maximum Gasteiger partial charge on any atom is 0.416 e. The Bertz CT molecular complexity index is 871. The highest BCUT2D eigenvalue weighted by Crippen LogP contribution is 2.30. The first-order valence-electron chi connectivity index (χ1n) is 8.51. The lowest BCUT2D eigenvalue weighted by Gasteiger charge is -2.33. The average molecular weight is 394 g/mol. The Balaban J connectivity index is 1.68. The third-order valence-corrected chi connectivity index (χ3v) is 4.35. The number of likely N-dealkylation sites (tertiary alicyclic amines) is 1. The number of carboxylic acids is 1. The molecule has 1 aliphatic heterocycles. The Labute approximate surface area is 158 Å². The summed E-state index contributed by atoms with van der Waals surface area (Å²) in [6.07, 6.45) is -0.934. The molecule has 0 radical (unpaired) electrons. The highest BCUT2D eigenvalue weighted by Gasteiger charge is 2.32. The number of rotatable bonds is 5. The number of carbonyl (C=O) groups is 2. The molecule has 1 atom stereocenters. The van der Waals surface area contributed by atoms with Crippen LogP contribution in [0, 0.1) is 0 Å². The fourth-order valence-corrected chi connectivity index (χ4v) is 2.99. The van der Waals surface area contributed by atoms with E-state index in [1.165, 1.54) is 17.2 Å². The lowest BCUT2D eigenvalue weighted by molar-refractivity contribution is -0.137. The standard InChI is InChI=1S/C18H17F3N4O3/c19-18(20,21)12-4-1-3-11(7-12)10-25-6-2-5-13(16(25)26)24-15-9-22-14(8-23-15)17(27)28/h1,3-4,7-9,13H,2,5-6,10H2,(H,23,24)(H,27,28). The van der Waals surface area contributed by atoms with Gasteiger partial charge >= 0.3 is 12.1 Å². The quantitative estimate of drug-likeness (QED) is 0.810. The molecule has 0 bridgehead atoms. The molecule has 1 amide bonds. The van der Waals surface area contributed by atoms with Gasteiger partial charge in [0.2, 0.25) is 5.91 Å². The first-order valence-corrected chi connectivity index (χ1v) is 8.51. The maximum atomic E-state index is 12.9. The Morgan fingerprint density at radius 1 is 1.29 bits per heavy atom. The van der Waals surface area contributed by atoms with Gasteiger partial charge in [-0.2, -0.15) is 13.2 Å². The van der Waals surface area contributed by atoms with Crippen LogP contribution in [0.2, 0.25) is 0 Å². The van der Waals surface area contributed by atoms with Gasteiger partial charge in [-0.15, -0.1) is 0 Å². The number of carboxylic acid groups (broad SMARTS) is 1. The van der Waals surface area contributed by atoms with Crippen molar-refractivity contribution in [3.8, 4) is 0 Å². The van der Waals surface area contributed by atoms with Gasteiger partial charge in [0, 0.05) is 13.1 Å². The molecule has 3 rings (SSSR count). The highest BCUT2D eigenvalue weighted by atomic mass is 19.4. The summed E-state index contributed by atoms with van der Waals surface area (Å²) in [6.45, 7) is 0.515. The Kier molecular flexibility index (Phi) is 5.48. The molecule has 2 aromatic rings. The predicted molar refractivity (Wildman–Crippen MR) is 92.5 cm³/mol. The van der Waals surface area contributed by atoms with Crippen LogP contribution >= 0.6 is 0 Å². The van der Waals surface area contributed by atoms with Crippen LogP contribution < -0.4 is 5.32 Å². The van der Waals surface area contributed by atoms with E-state index >= 15 is 0 Å². The lowest BCUT2D eigenvalue weighted by atomic mass is 10.0. The molecule has 28 heavy (non-hydrogen) atoms. The molecular weight excluding hydrogens is 377 g/mol. The third-order valence-electron chi connectivity index (χ3n) is 4.35. The van der Waals surface area contributed by atoms with Crippen LogP contribution in [0.15, 0.2) is 36.7 Å². The van der Waals surface area contributed by atoms with Crippen LogP contribution in [0.5, 0.6) is 0 Å². The molecule has 148 valence electrons. The van der Waals surface area contributed by atoms with E-state index in [1.807, 2.05) is 0 Å². The van der Waals surface area contributed by atoms with Gasteiger partial charge < -0.3 is 15.3 Å². The number of carbonyl (C=O) groups excluding carboxylic acids is 1. The summed E-state index contributed by atoms with van der Waals surface area (Å²) in [5, 5.41) is 11.7. The van der Waals surface area contributed by atoms with Crippen LogP contribution in [-0.2, 0) is 17.5 Å². The summed E-state index contributed by atoms with van der Waals surface area (Å²) in [5.74, 6) is -1.21. The smallest absolute Gasteiger partial charge is 0.416 e. The molecule has 1 aromatic heterocycles. The van der Waals surface area contributed by atoms with E-state index in [2.05, 4.69) is 15.3 Å². The number of aromatic nitrogens is 2. The minimum absolute atomic E-state index is 0.0740. The van der Waals surface area contributed by atoms with Gasteiger partial charge in [-0.1, -0.05) is 12.1 Å². The number of benzene rings is 1. The lowest BCUT2D eigenvalue weighted by Crippen LogP contribution is -2.47. The number of hydrogen-bond acceptors (Lipinski definition) is 5. The number of amides is 1. The van der Waals surface area contributed by atoms with E-state index in [0.29, 0.717) is 24.9 Å². The van der Waals surface area contributed by atoms with Gasteiger partial charge in [0.1, 0.15) is 11.9 Å². The average Bonchev–Trinajstić information content (AvgIpc) is 2.65. The van der Waals surface area contributed by atoms with Crippen molar-refractivity contribution in [2.24, 2.45) is 0 Å². The molecule has 7 nitrogen and oxygen atoms in total. The van der Waals surface area contributed by atoms with Crippen molar-refractivity contribution in [3.63, 3.8) is 0 Å².